The second kappa shape index (κ2) is 7.01. The lowest BCUT2D eigenvalue weighted by Gasteiger charge is -2.33. The maximum absolute atomic E-state index is 12.9. The molecule has 3 heterocycles. The Morgan fingerprint density at radius 2 is 1.81 bits per heavy atom. The summed E-state index contributed by atoms with van der Waals surface area (Å²) < 4.78 is 0. The molecule has 1 spiro atoms. The van der Waals surface area contributed by atoms with Crippen molar-refractivity contribution in [1.82, 2.24) is 24.7 Å². The summed E-state index contributed by atoms with van der Waals surface area (Å²) in [6.07, 6.45) is 4.80. The molecule has 2 fully saturated rings. The molecule has 140 valence electrons. The van der Waals surface area contributed by atoms with Crippen molar-refractivity contribution in [3.05, 3.63) is 24.3 Å². The van der Waals surface area contributed by atoms with Gasteiger partial charge in [0.15, 0.2) is 0 Å². The molecule has 0 bridgehead atoms. The normalized spacial score (nSPS) is 23.7. The van der Waals surface area contributed by atoms with Gasteiger partial charge in [-0.05, 0) is 0 Å². The number of hydrogen-bond acceptors (Lipinski definition) is 5. The van der Waals surface area contributed by atoms with E-state index in [1.54, 1.807) is 21.7 Å². The van der Waals surface area contributed by atoms with Crippen molar-refractivity contribution in [2.75, 3.05) is 39.8 Å². The Hall–Kier alpha value is -2.51. The van der Waals surface area contributed by atoms with Crippen molar-refractivity contribution in [3.8, 4) is 0 Å². The average Bonchev–Trinajstić information content (AvgIpc) is 2.79. The molecule has 1 aromatic rings. The standard InChI is InChI=1S/C18H25N5O3/c1-13(2)16(25)22-6-7-23(17(26)14-9-19-4-5-20-14)12-18(11-22)8-15(24)21(3)10-18/h4-5,9,13H,6-8,10-12H2,1-3H3/t18-/m1/s1. The molecule has 2 saturated heterocycles. The second-order valence-corrected chi connectivity index (χ2v) is 7.66. The fourth-order valence-electron chi connectivity index (χ4n) is 3.87. The third-order valence-corrected chi connectivity index (χ3v) is 5.09. The van der Waals surface area contributed by atoms with E-state index in [9.17, 15) is 14.4 Å². The first kappa shape index (κ1) is 18.3. The van der Waals surface area contributed by atoms with Gasteiger partial charge in [-0.25, -0.2) is 4.98 Å². The van der Waals surface area contributed by atoms with E-state index in [2.05, 4.69) is 9.97 Å². The van der Waals surface area contributed by atoms with E-state index >= 15 is 0 Å². The van der Waals surface area contributed by atoms with Gasteiger partial charge in [-0.3, -0.25) is 19.4 Å². The van der Waals surface area contributed by atoms with E-state index in [0.717, 1.165) is 0 Å². The van der Waals surface area contributed by atoms with Crippen LogP contribution in [-0.2, 0) is 9.59 Å². The Bertz CT molecular complexity index is 708. The van der Waals surface area contributed by atoms with E-state index in [1.165, 1.54) is 18.6 Å². The van der Waals surface area contributed by atoms with Gasteiger partial charge in [-0.2, -0.15) is 0 Å². The highest BCUT2D eigenvalue weighted by Gasteiger charge is 2.47. The summed E-state index contributed by atoms with van der Waals surface area (Å²) in [7, 11) is 1.77. The number of hydrogen-bond donors (Lipinski definition) is 0. The van der Waals surface area contributed by atoms with E-state index < -0.39 is 5.41 Å². The summed E-state index contributed by atoms with van der Waals surface area (Å²) in [5.41, 5.74) is -0.158. The Morgan fingerprint density at radius 3 is 2.38 bits per heavy atom. The molecule has 8 nitrogen and oxygen atoms in total. The lowest BCUT2D eigenvalue weighted by Crippen LogP contribution is -2.46. The molecular formula is C18H25N5O3. The highest BCUT2D eigenvalue weighted by molar-refractivity contribution is 5.92. The molecular weight excluding hydrogens is 334 g/mol. The number of rotatable bonds is 2. The quantitative estimate of drug-likeness (QED) is 0.756. The number of carbonyl (C=O) groups excluding carboxylic acids is 3. The van der Waals surface area contributed by atoms with Gasteiger partial charge in [0.2, 0.25) is 11.8 Å². The monoisotopic (exact) mass is 359 g/mol. The van der Waals surface area contributed by atoms with E-state index in [1.807, 2.05) is 13.8 Å². The number of carbonyl (C=O) groups is 3. The Kier molecular flexibility index (Phi) is 4.93. The lowest BCUT2D eigenvalue weighted by atomic mass is 9.85. The number of amides is 3. The molecule has 2 aliphatic rings. The van der Waals surface area contributed by atoms with Gasteiger partial charge in [-0.15, -0.1) is 0 Å². The second-order valence-electron chi connectivity index (χ2n) is 7.66. The minimum absolute atomic E-state index is 0.0516. The van der Waals surface area contributed by atoms with Crippen LogP contribution in [0.1, 0.15) is 30.8 Å². The van der Waals surface area contributed by atoms with Crippen molar-refractivity contribution >= 4 is 17.7 Å². The number of nitrogens with zero attached hydrogens (tertiary/aromatic N) is 5. The zero-order valence-corrected chi connectivity index (χ0v) is 15.5. The molecule has 0 N–H and O–H groups in total. The summed E-state index contributed by atoms with van der Waals surface area (Å²) in [5, 5.41) is 0. The van der Waals surface area contributed by atoms with Crippen LogP contribution in [-0.4, -0.2) is 82.2 Å². The van der Waals surface area contributed by atoms with Crippen LogP contribution in [0.5, 0.6) is 0 Å². The molecule has 26 heavy (non-hydrogen) atoms. The molecule has 8 heteroatoms. The molecule has 2 aliphatic heterocycles. The topological polar surface area (TPSA) is 86.7 Å². The predicted molar refractivity (Wildman–Crippen MR) is 94.0 cm³/mol. The van der Waals surface area contributed by atoms with Crippen molar-refractivity contribution < 1.29 is 14.4 Å². The first-order chi connectivity index (χ1) is 12.3. The van der Waals surface area contributed by atoms with E-state index in [4.69, 9.17) is 0 Å². The summed E-state index contributed by atoms with van der Waals surface area (Å²) in [4.78, 5) is 51.0. The minimum atomic E-state index is -0.440. The van der Waals surface area contributed by atoms with Gasteiger partial charge in [-0.1, -0.05) is 13.8 Å². The van der Waals surface area contributed by atoms with Crippen LogP contribution in [0.3, 0.4) is 0 Å². The Morgan fingerprint density at radius 1 is 1.12 bits per heavy atom. The van der Waals surface area contributed by atoms with E-state index in [-0.39, 0.29) is 29.3 Å². The third kappa shape index (κ3) is 3.54. The molecule has 1 atom stereocenters. The van der Waals surface area contributed by atoms with Crippen LogP contribution in [0.4, 0.5) is 0 Å². The zero-order chi connectivity index (χ0) is 18.9. The van der Waals surface area contributed by atoms with Crippen molar-refractivity contribution in [2.24, 2.45) is 11.3 Å². The first-order valence-electron chi connectivity index (χ1n) is 8.89. The van der Waals surface area contributed by atoms with Crippen molar-refractivity contribution in [2.45, 2.75) is 20.3 Å². The lowest BCUT2D eigenvalue weighted by molar-refractivity contribution is -0.135. The van der Waals surface area contributed by atoms with Crippen LogP contribution < -0.4 is 0 Å². The van der Waals surface area contributed by atoms with Gasteiger partial charge in [0.1, 0.15) is 5.69 Å². The van der Waals surface area contributed by atoms with Crippen LogP contribution in [0.2, 0.25) is 0 Å². The molecule has 0 aliphatic carbocycles. The smallest absolute Gasteiger partial charge is 0.274 e. The molecule has 0 saturated carbocycles. The number of aromatic nitrogens is 2. The summed E-state index contributed by atoms with van der Waals surface area (Å²) in [5.74, 6) is -0.224. The van der Waals surface area contributed by atoms with Gasteiger partial charge >= 0.3 is 0 Å². The fourth-order valence-corrected chi connectivity index (χ4v) is 3.87. The average molecular weight is 359 g/mol. The first-order valence-corrected chi connectivity index (χ1v) is 8.89. The van der Waals surface area contributed by atoms with Crippen LogP contribution in [0, 0.1) is 11.3 Å². The SMILES string of the molecule is CC(C)C(=O)N1CCN(C(=O)c2cnccn2)C[C@@]2(CC(=O)N(C)C2)C1. The number of likely N-dealkylation sites (tertiary alicyclic amines) is 1. The van der Waals surface area contributed by atoms with E-state index in [0.29, 0.717) is 39.1 Å². The van der Waals surface area contributed by atoms with Gasteiger partial charge in [0.05, 0.1) is 6.20 Å². The van der Waals surface area contributed by atoms with Crippen molar-refractivity contribution in [1.29, 1.82) is 0 Å². The molecule has 0 unspecified atom stereocenters. The van der Waals surface area contributed by atoms with Crippen LogP contribution in [0.25, 0.3) is 0 Å². The van der Waals surface area contributed by atoms with Gasteiger partial charge in [0.25, 0.3) is 5.91 Å². The zero-order valence-electron chi connectivity index (χ0n) is 15.5. The largest absolute Gasteiger partial charge is 0.345 e. The Labute approximate surface area is 153 Å². The van der Waals surface area contributed by atoms with Crippen LogP contribution in [0.15, 0.2) is 18.6 Å². The predicted octanol–water partition coefficient (Wildman–Crippen LogP) is 0.266. The molecule has 0 radical (unpaired) electrons. The summed E-state index contributed by atoms with van der Waals surface area (Å²) in [6, 6.07) is 0. The summed E-state index contributed by atoms with van der Waals surface area (Å²) in [6.45, 7) is 6.08. The maximum Gasteiger partial charge on any atom is 0.274 e. The highest BCUT2D eigenvalue weighted by Crippen LogP contribution is 2.35. The van der Waals surface area contributed by atoms with Crippen LogP contribution >= 0.6 is 0 Å². The molecule has 3 rings (SSSR count). The van der Waals surface area contributed by atoms with Crippen molar-refractivity contribution in [3.63, 3.8) is 0 Å². The third-order valence-electron chi connectivity index (χ3n) is 5.09. The molecule has 3 amide bonds. The highest BCUT2D eigenvalue weighted by atomic mass is 16.2. The van der Waals surface area contributed by atoms with Gasteiger partial charge < -0.3 is 14.7 Å². The van der Waals surface area contributed by atoms with Gasteiger partial charge in [0, 0.05) is 69.9 Å². The fraction of sp³-hybridized carbons (Fsp3) is 0.611. The molecule has 0 aromatic carbocycles. The summed E-state index contributed by atoms with van der Waals surface area (Å²) >= 11 is 0. The maximum atomic E-state index is 12.9. The minimum Gasteiger partial charge on any atom is -0.345 e. The Balaban J connectivity index is 1.88. The molecule has 1 aromatic heterocycles.